The van der Waals surface area contributed by atoms with Gasteiger partial charge in [0.15, 0.2) is 0 Å². The van der Waals surface area contributed by atoms with Gasteiger partial charge in [-0.1, -0.05) is 6.08 Å². The van der Waals surface area contributed by atoms with E-state index in [1.54, 1.807) is 0 Å². The third-order valence-corrected chi connectivity index (χ3v) is 1.14. The summed E-state index contributed by atoms with van der Waals surface area (Å²) in [4.78, 5) is 20.9. The Balaban J connectivity index is 3.75. The van der Waals surface area contributed by atoms with E-state index in [9.17, 15) is 9.59 Å². The van der Waals surface area contributed by atoms with Gasteiger partial charge in [0.2, 0.25) is 5.91 Å². The molecule has 0 saturated heterocycles. The second-order valence-electron chi connectivity index (χ2n) is 2.35. The molecule has 0 aliphatic heterocycles. The third kappa shape index (κ3) is 5.46. The number of hydrogen-bond donors (Lipinski definition) is 1. The lowest BCUT2D eigenvalue weighted by Gasteiger charge is -2.12. The Morgan fingerprint density at radius 1 is 1.58 bits per heavy atom. The van der Waals surface area contributed by atoms with Gasteiger partial charge in [-0.15, -0.1) is 6.58 Å². The normalized spacial score (nSPS) is 11.5. The molecule has 0 aliphatic rings. The predicted molar refractivity (Wildman–Crippen MR) is 44.4 cm³/mol. The van der Waals surface area contributed by atoms with Crippen LogP contribution in [-0.2, 0) is 14.3 Å². The Morgan fingerprint density at radius 3 is 2.50 bits per heavy atom. The first kappa shape index (κ1) is 10.7. The molecule has 1 N–H and O–H groups in total. The lowest BCUT2D eigenvalue weighted by atomic mass is 10.3. The standard InChI is InChI=1S/C8H13NO3/c1-4-8(9-6(2)10)5-12-7(3)11/h4,8H,1,5H2,2-3H3,(H,9,10)/t8-/m0/s1. The van der Waals surface area contributed by atoms with Gasteiger partial charge in [0, 0.05) is 13.8 Å². The van der Waals surface area contributed by atoms with Gasteiger partial charge in [0.05, 0.1) is 6.04 Å². The molecule has 12 heavy (non-hydrogen) atoms. The minimum absolute atomic E-state index is 0.137. The summed E-state index contributed by atoms with van der Waals surface area (Å²) >= 11 is 0. The first-order valence-corrected chi connectivity index (χ1v) is 3.59. The highest BCUT2D eigenvalue weighted by Crippen LogP contribution is 1.87. The molecule has 0 spiro atoms. The van der Waals surface area contributed by atoms with Gasteiger partial charge in [-0.3, -0.25) is 9.59 Å². The fourth-order valence-electron chi connectivity index (χ4n) is 0.637. The molecule has 68 valence electrons. The minimum atomic E-state index is -0.368. The number of rotatable bonds is 4. The third-order valence-electron chi connectivity index (χ3n) is 1.14. The van der Waals surface area contributed by atoms with Crippen LogP contribution in [0.5, 0.6) is 0 Å². The SMILES string of the molecule is C=C[C@@H](COC(C)=O)NC(C)=O. The maximum atomic E-state index is 10.6. The van der Waals surface area contributed by atoms with E-state index >= 15 is 0 Å². The molecule has 0 saturated carbocycles. The molecular formula is C8H13NO3. The van der Waals surface area contributed by atoms with Crippen molar-refractivity contribution in [1.82, 2.24) is 5.32 Å². The molecule has 0 fully saturated rings. The molecule has 1 atom stereocenters. The molecule has 0 rings (SSSR count). The van der Waals surface area contributed by atoms with Crippen molar-refractivity contribution in [3.05, 3.63) is 12.7 Å². The van der Waals surface area contributed by atoms with Gasteiger partial charge in [0.1, 0.15) is 6.61 Å². The van der Waals surface area contributed by atoms with Crippen LogP contribution in [0, 0.1) is 0 Å². The van der Waals surface area contributed by atoms with Crippen LogP contribution in [0.15, 0.2) is 12.7 Å². The molecule has 4 heteroatoms. The Bertz CT molecular complexity index is 189. The topological polar surface area (TPSA) is 55.4 Å². The summed E-state index contributed by atoms with van der Waals surface area (Å²) < 4.78 is 4.67. The number of ether oxygens (including phenoxy) is 1. The van der Waals surface area contributed by atoms with Gasteiger partial charge in [-0.05, 0) is 0 Å². The summed E-state index contributed by atoms with van der Waals surface area (Å²) in [6.07, 6.45) is 1.52. The van der Waals surface area contributed by atoms with E-state index in [-0.39, 0.29) is 24.5 Å². The van der Waals surface area contributed by atoms with E-state index in [1.165, 1.54) is 19.9 Å². The zero-order valence-electron chi connectivity index (χ0n) is 7.29. The van der Waals surface area contributed by atoms with Crippen LogP contribution in [0.4, 0.5) is 0 Å². The van der Waals surface area contributed by atoms with Gasteiger partial charge in [-0.2, -0.15) is 0 Å². The van der Waals surface area contributed by atoms with Crippen LogP contribution in [0.25, 0.3) is 0 Å². The zero-order chi connectivity index (χ0) is 9.56. The van der Waals surface area contributed by atoms with Gasteiger partial charge >= 0.3 is 5.97 Å². The highest BCUT2D eigenvalue weighted by molar-refractivity contribution is 5.73. The molecule has 1 amide bonds. The second-order valence-corrected chi connectivity index (χ2v) is 2.35. The predicted octanol–water partition coefficient (Wildman–Crippen LogP) is 0.240. The lowest BCUT2D eigenvalue weighted by molar-refractivity contribution is -0.141. The van der Waals surface area contributed by atoms with Crippen molar-refractivity contribution in [2.45, 2.75) is 19.9 Å². The largest absolute Gasteiger partial charge is 0.463 e. The number of nitrogens with one attached hydrogen (secondary N) is 1. The van der Waals surface area contributed by atoms with Crippen molar-refractivity contribution < 1.29 is 14.3 Å². The van der Waals surface area contributed by atoms with Crippen LogP contribution in [0.3, 0.4) is 0 Å². The average molecular weight is 171 g/mol. The van der Waals surface area contributed by atoms with E-state index < -0.39 is 0 Å². The maximum absolute atomic E-state index is 10.6. The van der Waals surface area contributed by atoms with Crippen LogP contribution >= 0.6 is 0 Å². The smallest absolute Gasteiger partial charge is 0.302 e. The summed E-state index contributed by atoms with van der Waals surface area (Å²) in [7, 11) is 0. The quantitative estimate of drug-likeness (QED) is 0.487. The summed E-state index contributed by atoms with van der Waals surface area (Å²) in [5, 5.41) is 2.55. The Kier molecular flexibility index (Phi) is 4.76. The molecule has 0 aromatic rings. The van der Waals surface area contributed by atoms with E-state index in [0.29, 0.717) is 0 Å². The summed E-state index contributed by atoms with van der Waals surface area (Å²) in [6, 6.07) is -0.300. The average Bonchev–Trinajstić information content (AvgIpc) is 1.97. The first-order valence-electron chi connectivity index (χ1n) is 3.59. The fraction of sp³-hybridized carbons (Fsp3) is 0.500. The second kappa shape index (κ2) is 5.35. The molecule has 0 aliphatic carbocycles. The molecule has 0 unspecified atom stereocenters. The first-order chi connectivity index (χ1) is 5.56. The Morgan fingerprint density at radius 2 is 2.17 bits per heavy atom. The molecule has 0 heterocycles. The molecule has 0 aromatic heterocycles. The van der Waals surface area contributed by atoms with E-state index in [2.05, 4.69) is 16.6 Å². The number of esters is 1. The molecule has 0 radical (unpaired) electrons. The number of amides is 1. The summed E-state index contributed by atoms with van der Waals surface area (Å²) in [6.45, 7) is 6.33. The highest BCUT2D eigenvalue weighted by atomic mass is 16.5. The van der Waals surface area contributed by atoms with Crippen molar-refractivity contribution in [3.8, 4) is 0 Å². The van der Waals surface area contributed by atoms with Crippen molar-refractivity contribution in [2.75, 3.05) is 6.61 Å². The van der Waals surface area contributed by atoms with Crippen LogP contribution in [0.1, 0.15) is 13.8 Å². The number of hydrogen-bond acceptors (Lipinski definition) is 3. The van der Waals surface area contributed by atoms with Crippen molar-refractivity contribution in [1.29, 1.82) is 0 Å². The van der Waals surface area contributed by atoms with E-state index in [0.717, 1.165) is 0 Å². The molecule has 0 aromatic carbocycles. The van der Waals surface area contributed by atoms with Gasteiger partial charge in [-0.25, -0.2) is 0 Å². The summed E-state index contributed by atoms with van der Waals surface area (Å²) in [5.74, 6) is -0.542. The van der Waals surface area contributed by atoms with Gasteiger partial charge < -0.3 is 10.1 Å². The lowest BCUT2D eigenvalue weighted by Crippen LogP contribution is -2.35. The molecule has 4 nitrogen and oxygen atoms in total. The van der Waals surface area contributed by atoms with Crippen molar-refractivity contribution in [3.63, 3.8) is 0 Å². The molecule has 0 bridgehead atoms. The summed E-state index contributed by atoms with van der Waals surface area (Å²) in [5.41, 5.74) is 0. The van der Waals surface area contributed by atoms with E-state index in [1.807, 2.05) is 0 Å². The molecular weight excluding hydrogens is 158 g/mol. The van der Waals surface area contributed by atoms with Crippen LogP contribution < -0.4 is 5.32 Å². The van der Waals surface area contributed by atoms with Crippen LogP contribution in [-0.4, -0.2) is 24.5 Å². The fourth-order valence-corrected chi connectivity index (χ4v) is 0.637. The monoisotopic (exact) mass is 171 g/mol. The van der Waals surface area contributed by atoms with E-state index in [4.69, 9.17) is 0 Å². The minimum Gasteiger partial charge on any atom is -0.463 e. The van der Waals surface area contributed by atoms with Gasteiger partial charge in [0.25, 0.3) is 0 Å². The van der Waals surface area contributed by atoms with Crippen molar-refractivity contribution in [2.24, 2.45) is 0 Å². The number of carbonyl (C=O) groups is 2. The number of carbonyl (C=O) groups excluding carboxylic acids is 2. The zero-order valence-corrected chi connectivity index (χ0v) is 7.29. The Labute approximate surface area is 71.6 Å². The van der Waals surface area contributed by atoms with Crippen LogP contribution in [0.2, 0.25) is 0 Å². The highest BCUT2D eigenvalue weighted by Gasteiger charge is 2.06. The maximum Gasteiger partial charge on any atom is 0.302 e. The Hall–Kier alpha value is -1.32. The van der Waals surface area contributed by atoms with Crippen molar-refractivity contribution >= 4 is 11.9 Å².